The second-order valence-electron chi connectivity index (χ2n) is 29.0. The van der Waals surface area contributed by atoms with Gasteiger partial charge in [0.25, 0.3) is 0 Å². The monoisotopic (exact) mass is 1640 g/mol. The summed E-state index contributed by atoms with van der Waals surface area (Å²) in [5.74, 6) is 2.35. The maximum absolute atomic E-state index is 11.3. The van der Waals surface area contributed by atoms with E-state index in [2.05, 4.69) is 9.80 Å². The standard InChI is InChI=1S/C42H70O35.C24H40N8O4/c43-1-8-29-15(50)22(57)36(64-8)72-30-9(2-44)66-38(24(59)17(30)52)74-32-11(4-46)68-40(26(61)19(32)54)76-34-13(6-48)70-42(28(63)21(34)56)77-35-14(7-49)69-41(27(62)20(35)55)75-33-12(5-47)67-39(25(60)18(33)53)73-31-10(3-45)65-37(71-29)23(58)16(31)51;33-15-11-31(12-16-34)23-26-20-19(21(27-23)29-7-3-1-4-8-29)25-24(32(13-17-35)14-18-36)28-22(20)30-9-5-2-6-10-30/h8-63H,1-7H2;33-36H,1-18H2/t8-,9-,10-,11-,12-,13-,14-,15-,16-,17-,18-,19-,20-,21-,22-,23-,24-,25-,26-,27-,28-,29-,30-,31-,32-,33-,34-,35-,36-,37-,38-,39-,40-,41-,42-;/m1./s1. The molecule has 14 bridgehead atoms. The molecule has 0 amide bonds. The number of ether oxygens (including phenoxy) is 14. The van der Waals surface area contributed by atoms with E-state index in [9.17, 15) is 128 Å². The molecule has 0 aliphatic carbocycles. The molecule has 25 rings (SSSR count). The highest BCUT2D eigenvalue weighted by atomic mass is 16.8. The van der Waals surface area contributed by atoms with E-state index in [1.54, 1.807) is 9.80 Å². The predicted octanol–water partition coefficient (Wildman–Crippen LogP) is -15.2. The Labute approximate surface area is 644 Å². The normalized spacial score (nSPS) is 43.0. The fourth-order valence-electron chi connectivity index (χ4n) is 15.4. The lowest BCUT2D eigenvalue weighted by molar-refractivity contribution is -0.396. The average Bonchev–Trinajstić information content (AvgIpc) is 0.767. The second-order valence-corrected chi connectivity index (χ2v) is 29.0. The van der Waals surface area contributed by atoms with E-state index < -0.39 is 261 Å². The van der Waals surface area contributed by atoms with Crippen molar-refractivity contribution < 1.29 is 194 Å². The van der Waals surface area contributed by atoms with Crippen LogP contribution in [0.2, 0.25) is 0 Å². The number of aliphatic hydroxyl groups excluding tert-OH is 25. The maximum Gasteiger partial charge on any atom is 0.228 e. The molecule has 2 aromatic heterocycles. The molecule has 0 spiro atoms. The van der Waals surface area contributed by atoms with Gasteiger partial charge in [0.05, 0.1) is 72.7 Å². The first-order valence-electron chi connectivity index (χ1n) is 37.8. The van der Waals surface area contributed by atoms with Gasteiger partial charge in [-0.1, -0.05) is 0 Å². The van der Waals surface area contributed by atoms with Crippen LogP contribution < -0.4 is 19.6 Å². The molecule has 47 heteroatoms. The number of aliphatic hydroxyl groups is 25. The Kier molecular flexibility index (Phi) is 32.5. The zero-order valence-electron chi connectivity index (χ0n) is 61.4. The number of hydrogen-bond acceptors (Lipinski definition) is 47. The quantitative estimate of drug-likeness (QED) is 0.0621. The van der Waals surface area contributed by atoms with Gasteiger partial charge in [-0.25, -0.2) is 9.97 Å². The van der Waals surface area contributed by atoms with Gasteiger partial charge in [-0.2, -0.15) is 9.97 Å². The summed E-state index contributed by atoms with van der Waals surface area (Å²) in [4.78, 5) is 27.8. The minimum Gasteiger partial charge on any atom is -0.395 e. The highest BCUT2D eigenvalue weighted by Crippen LogP contribution is 2.41. The lowest BCUT2D eigenvalue weighted by Crippen LogP contribution is -2.68. The molecule has 0 unspecified atom stereocenters. The van der Waals surface area contributed by atoms with Gasteiger partial charge in [-0.3, -0.25) is 0 Å². The van der Waals surface area contributed by atoms with Crippen LogP contribution in [-0.4, -0.2) is 488 Å². The molecule has 25 heterocycles. The first-order valence-corrected chi connectivity index (χ1v) is 37.8. The molecule has 0 aromatic carbocycles. The zero-order chi connectivity index (χ0) is 81.4. The molecular weight excluding hydrogens is 1530 g/mol. The molecule has 47 nitrogen and oxygen atoms in total. The fraction of sp³-hybridized carbons (Fsp3) is 0.909. The first-order chi connectivity index (χ1) is 54.3. The summed E-state index contributed by atoms with van der Waals surface area (Å²) in [6.07, 6.45) is -63.6. The molecule has 113 heavy (non-hydrogen) atoms. The summed E-state index contributed by atoms with van der Waals surface area (Å²) >= 11 is 0. The van der Waals surface area contributed by atoms with Gasteiger partial charge < -0.3 is 214 Å². The van der Waals surface area contributed by atoms with E-state index in [4.69, 9.17) is 86.3 Å². The van der Waals surface area contributed by atoms with Crippen LogP contribution in [0.5, 0.6) is 0 Å². The molecule has 648 valence electrons. The third-order valence-electron chi connectivity index (χ3n) is 21.6. The number of piperidine rings is 2. The minimum absolute atomic E-state index is 0.0772. The van der Waals surface area contributed by atoms with Gasteiger partial charge in [-0.05, 0) is 38.5 Å². The Morgan fingerprint density at radius 2 is 0.416 bits per heavy atom. The van der Waals surface area contributed by atoms with E-state index in [1.165, 1.54) is 12.8 Å². The van der Waals surface area contributed by atoms with Crippen molar-refractivity contribution in [3.05, 3.63) is 0 Å². The van der Waals surface area contributed by atoms with Crippen molar-refractivity contribution in [3.8, 4) is 0 Å². The van der Waals surface area contributed by atoms with Crippen molar-refractivity contribution in [3.63, 3.8) is 0 Å². The molecular formula is C66H110N8O39. The Bertz CT molecular complexity index is 2760. The largest absolute Gasteiger partial charge is 0.395 e. The van der Waals surface area contributed by atoms with Gasteiger partial charge in [0.2, 0.25) is 11.9 Å². The number of aromatic nitrogens is 4. The number of hydrogen-bond donors (Lipinski definition) is 25. The van der Waals surface area contributed by atoms with Crippen LogP contribution in [0.3, 0.4) is 0 Å². The summed E-state index contributed by atoms with van der Waals surface area (Å²) in [7, 11) is 0. The molecule has 25 N–H and O–H groups in total. The van der Waals surface area contributed by atoms with E-state index in [0.717, 1.165) is 63.5 Å². The highest BCUT2D eigenvalue weighted by molar-refractivity contribution is 5.95. The molecule has 23 aliphatic heterocycles. The molecule has 35 atom stereocenters. The zero-order valence-corrected chi connectivity index (χ0v) is 61.4. The van der Waals surface area contributed by atoms with Crippen molar-refractivity contribution in [2.24, 2.45) is 0 Å². The highest BCUT2D eigenvalue weighted by Gasteiger charge is 2.60. The van der Waals surface area contributed by atoms with Crippen molar-refractivity contribution in [2.45, 2.75) is 253 Å². The summed E-state index contributed by atoms with van der Waals surface area (Å²) < 4.78 is 79.5. The van der Waals surface area contributed by atoms with Gasteiger partial charge >= 0.3 is 0 Å². The maximum atomic E-state index is 11.3. The second kappa shape index (κ2) is 40.9. The molecule has 0 radical (unpaired) electrons. The topological polar surface area (TPSA) is 699 Å². The van der Waals surface area contributed by atoms with Crippen LogP contribution in [0.1, 0.15) is 38.5 Å². The Hall–Kier alpha value is -3.94. The van der Waals surface area contributed by atoms with Crippen LogP contribution >= 0.6 is 0 Å². The molecule has 23 aliphatic rings. The van der Waals surface area contributed by atoms with E-state index in [-0.39, 0.29) is 26.4 Å². The molecule has 2 aromatic rings. The van der Waals surface area contributed by atoms with Crippen molar-refractivity contribution in [2.75, 3.05) is 145 Å². The Morgan fingerprint density at radius 1 is 0.239 bits per heavy atom. The fourth-order valence-corrected chi connectivity index (χ4v) is 15.4. The van der Waals surface area contributed by atoms with Gasteiger partial charge in [-0.15, -0.1) is 0 Å². The van der Waals surface area contributed by atoms with Crippen molar-refractivity contribution in [1.29, 1.82) is 0 Å². The van der Waals surface area contributed by atoms with E-state index in [1.807, 2.05) is 0 Å². The number of anilines is 4. The molecule has 23 fully saturated rings. The minimum atomic E-state index is -2.21. The molecule has 0 saturated carbocycles. The summed E-state index contributed by atoms with van der Waals surface area (Å²) in [6, 6.07) is 0. The number of rotatable bonds is 19. The number of fused-ring (bicyclic) bond motifs is 1. The lowest BCUT2D eigenvalue weighted by atomic mass is 9.95. The third-order valence-corrected chi connectivity index (χ3v) is 21.6. The van der Waals surface area contributed by atoms with Crippen LogP contribution in [-0.2, 0) is 66.3 Å². The Balaban J connectivity index is 0.000000291. The smallest absolute Gasteiger partial charge is 0.228 e. The Morgan fingerprint density at radius 3 is 0.575 bits per heavy atom. The van der Waals surface area contributed by atoms with Crippen LogP contribution in [0.15, 0.2) is 0 Å². The average molecular weight is 1640 g/mol. The third kappa shape index (κ3) is 19.4. The van der Waals surface area contributed by atoms with Gasteiger partial charge in [0.1, 0.15) is 182 Å². The van der Waals surface area contributed by atoms with Crippen LogP contribution in [0.4, 0.5) is 23.5 Å². The van der Waals surface area contributed by atoms with Crippen molar-refractivity contribution in [1.82, 2.24) is 19.9 Å². The van der Waals surface area contributed by atoms with Crippen LogP contribution in [0, 0.1) is 0 Å². The number of nitrogens with zero attached hydrogens (tertiary/aromatic N) is 8. The lowest BCUT2D eigenvalue weighted by Gasteiger charge is -2.50. The summed E-state index contributed by atoms with van der Waals surface area (Å²) in [5, 5.41) is 269. The summed E-state index contributed by atoms with van der Waals surface area (Å²) in [6.45, 7) is -2.95. The molecule has 23 saturated heterocycles. The van der Waals surface area contributed by atoms with Crippen molar-refractivity contribution >= 4 is 34.6 Å². The van der Waals surface area contributed by atoms with Gasteiger partial charge in [0, 0.05) is 52.4 Å². The van der Waals surface area contributed by atoms with Crippen LogP contribution in [0.25, 0.3) is 11.0 Å². The van der Waals surface area contributed by atoms with E-state index in [0.29, 0.717) is 49.1 Å². The van der Waals surface area contributed by atoms with Gasteiger partial charge in [0.15, 0.2) is 55.7 Å². The van der Waals surface area contributed by atoms with E-state index >= 15 is 0 Å². The summed E-state index contributed by atoms with van der Waals surface area (Å²) in [5.41, 5.74) is 1.31. The predicted molar refractivity (Wildman–Crippen MR) is 368 cm³/mol. The SMILES string of the molecule is OCCN(CCO)c1nc(N2CCCCC2)c2nc(N(CCO)CCO)nc(N3CCCCC3)c2n1.OC[C@H]1O[C@@H]2O[C@H]3[C@H](O)[C@@H](O)[C@@H](O[C@H]4[C@H](O)[C@@H](O)[C@@H](O[C@H]5[C@H](O)[C@@H](O)[C@@H](O[C@H]6[C@H](O)[C@@H](O)[C@@H](O[C@H]7[C@H](O)[C@@H](O)[C@@H](O[C@H]8[C@H](O)[C@@H](O)[C@@H](O[C@H]1[C@H](O)[C@H]2O)O[C@@H]8CO)O[C@@H]7CO)O[C@@H]6CO)O[C@@H]5CO)O[C@@H]4CO)O[C@@H]3CO. The first kappa shape index (κ1) is 89.8.